The molecule has 4 heteroatoms. The second-order valence-corrected chi connectivity index (χ2v) is 8.45. The summed E-state index contributed by atoms with van der Waals surface area (Å²) in [4.78, 5) is 1.31. The predicted octanol–water partition coefficient (Wildman–Crippen LogP) is 6.55. The molecule has 0 fully saturated rings. The Labute approximate surface area is 146 Å². The molecule has 2 rings (SSSR count). The van der Waals surface area contributed by atoms with Crippen LogP contribution in [0.3, 0.4) is 0 Å². The average molecular weight is 352 g/mol. The van der Waals surface area contributed by atoms with Crippen LogP contribution in [0.2, 0.25) is 5.02 Å². The van der Waals surface area contributed by atoms with Crippen molar-refractivity contribution in [2.45, 2.75) is 29.9 Å². The molecule has 1 aromatic heterocycles. The largest absolute Gasteiger partial charge is 0.388 e. The van der Waals surface area contributed by atoms with Gasteiger partial charge in [-0.05, 0) is 60.1 Å². The van der Waals surface area contributed by atoms with Crippen molar-refractivity contribution in [2.75, 3.05) is 18.6 Å². The lowest BCUT2D eigenvalue weighted by Gasteiger charge is -2.26. The molecule has 1 heterocycles. The van der Waals surface area contributed by atoms with E-state index in [1.165, 1.54) is 14.6 Å². The maximum Gasteiger partial charge on any atom is 0.0602 e. The summed E-state index contributed by atoms with van der Waals surface area (Å²) in [6.45, 7) is 4.51. The Morgan fingerprint density at radius 1 is 1.27 bits per heavy atom. The first-order chi connectivity index (χ1) is 10.5. The van der Waals surface area contributed by atoms with Gasteiger partial charge in [0, 0.05) is 22.6 Å². The zero-order valence-electron chi connectivity index (χ0n) is 13.4. The van der Waals surface area contributed by atoms with Gasteiger partial charge >= 0.3 is 0 Å². The molecule has 0 atom stereocenters. The van der Waals surface area contributed by atoms with E-state index in [9.17, 15) is 0 Å². The molecule has 1 nitrogen and oxygen atoms in total. The first-order valence-corrected chi connectivity index (χ1v) is 9.66. The zero-order valence-corrected chi connectivity index (χ0v) is 15.8. The number of halogens is 1. The van der Waals surface area contributed by atoms with Crippen LogP contribution in [0.25, 0.3) is 6.08 Å². The van der Waals surface area contributed by atoms with E-state index < -0.39 is 0 Å². The Bertz CT molecular complexity index is 659. The standard InChI is InChI=1S/C18H22ClNS2/c1-18(2,15-12-13(19)7-9-16(15)20-3)11-5-6-14-8-10-17(21-4)22-14/h5-10,12,20H,11H2,1-4H3/b6-5+. The van der Waals surface area contributed by atoms with Crippen molar-refractivity contribution in [1.82, 2.24) is 0 Å². The molecule has 0 aliphatic rings. The van der Waals surface area contributed by atoms with Gasteiger partial charge in [-0.15, -0.1) is 23.1 Å². The van der Waals surface area contributed by atoms with Crippen LogP contribution in [0.15, 0.2) is 40.6 Å². The first-order valence-electron chi connectivity index (χ1n) is 7.24. The molecule has 22 heavy (non-hydrogen) atoms. The topological polar surface area (TPSA) is 12.0 Å². The van der Waals surface area contributed by atoms with Crippen molar-refractivity contribution in [3.63, 3.8) is 0 Å². The van der Waals surface area contributed by atoms with Gasteiger partial charge in [-0.2, -0.15) is 0 Å². The van der Waals surface area contributed by atoms with Crippen molar-refractivity contribution in [2.24, 2.45) is 0 Å². The van der Waals surface area contributed by atoms with E-state index in [0.29, 0.717) is 0 Å². The summed E-state index contributed by atoms with van der Waals surface area (Å²) in [5.74, 6) is 0. The van der Waals surface area contributed by atoms with Gasteiger partial charge in [0.2, 0.25) is 0 Å². The fraction of sp³-hybridized carbons (Fsp3) is 0.333. The number of nitrogens with one attached hydrogen (secondary N) is 1. The molecule has 0 spiro atoms. The van der Waals surface area contributed by atoms with Crippen molar-refractivity contribution < 1.29 is 0 Å². The monoisotopic (exact) mass is 351 g/mol. The summed E-state index contributed by atoms with van der Waals surface area (Å²) < 4.78 is 1.35. The predicted molar refractivity (Wildman–Crippen MR) is 104 cm³/mol. The molecule has 0 amide bonds. The van der Waals surface area contributed by atoms with Crippen LogP contribution in [0, 0.1) is 0 Å². The minimum Gasteiger partial charge on any atom is -0.388 e. The third kappa shape index (κ3) is 4.31. The number of rotatable bonds is 6. The number of hydrogen-bond donors (Lipinski definition) is 1. The van der Waals surface area contributed by atoms with Gasteiger partial charge in [0.1, 0.15) is 0 Å². The SMILES string of the molecule is CNc1ccc(Cl)cc1C(C)(C)C/C=C/c1ccc(SC)s1. The molecule has 0 radical (unpaired) electrons. The highest BCUT2D eigenvalue weighted by Gasteiger charge is 2.22. The molecule has 1 N–H and O–H groups in total. The second kappa shape index (κ2) is 7.58. The zero-order chi connectivity index (χ0) is 16.2. The van der Waals surface area contributed by atoms with Gasteiger partial charge in [-0.25, -0.2) is 0 Å². The van der Waals surface area contributed by atoms with Crippen molar-refractivity contribution in [3.05, 3.63) is 51.9 Å². The van der Waals surface area contributed by atoms with Crippen LogP contribution in [0.4, 0.5) is 5.69 Å². The van der Waals surface area contributed by atoms with Crippen LogP contribution in [-0.2, 0) is 5.41 Å². The van der Waals surface area contributed by atoms with E-state index in [4.69, 9.17) is 11.6 Å². The number of allylic oxidation sites excluding steroid dienone is 1. The maximum atomic E-state index is 6.18. The van der Waals surface area contributed by atoms with Crippen LogP contribution < -0.4 is 5.32 Å². The summed E-state index contributed by atoms with van der Waals surface area (Å²) in [5, 5.41) is 4.05. The summed E-state index contributed by atoms with van der Waals surface area (Å²) in [5.41, 5.74) is 2.42. The lowest BCUT2D eigenvalue weighted by Crippen LogP contribution is -2.18. The van der Waals surface area contributed by atoms with Crippen molar-refractivity contribution >= 4 is 46.5 Å². The van der Waals surface area contributed by atoms with Gasteiger partial charge in [0.05, 0.1) is 4.21 Å². The van der Waals surface area contributed by atoms with E-state index in [2.05, 4.69) is 55.8 Å². The van der Waals surface area contributed by atoms with Gasteiger partial charge in [0.15, 0.2) is 0 Å². The first kappa shape index (κ1) is 17.5. The summed E-state index contributed by atoms with van der Waals surface area (Å²) in [6.07, 6.45) is 7.56. The minimum absolute atomic E-state index is 0.0271. The maximum absolute atomic E-state index is 6.18. The Hall–Kier alpha value is -0.900. The highest BCUT2D eigenvalue weighted by atomic mass is 35.5. The van der Waals surface area contributed by atoms with Crippen LogP contribution >= 0.6 is 34.7 Å². The summed E-state index contributed by atoms with van der Waals surface area (Å²) in [6, 6.07) is 10.4. The average Bonchev–Trinajstić information content (AvgIpc) is 2.95. The summed E-state index contributed by atoms with van der Waals surface area (Å²) in [7, 11) is 1.95. The van der Waals surface area contributed by atoms with Crippen molar-refractivity contribution in [1.29, 1.82) is 0 Å². The summed E-state index contributed by atoms with van der Waals surface area (Å²) >= 11 is 9.81. The fourth-order valence-electron chi connectivity index (χ4n) is 2.41. The molecule has 1 aromatic carbocycles. The third-order valence-electron chi connectivity index (χ3n) is 3.69. The van der Waals surface area contributed by atoms with E-state index in [1.54, 1.807) is 11.8 Å². The smallest absolute Gasteiger partial charge is 0.0602 e. The number of anilines is 1. The Morgan fingerprint density at radius 3 is 2.68 bits per heavy atom. The molecular weight excluding hydrogens is 330 g/mol. The van der Waals surface area contributed by atoms with E-state index in [0.717, 1.165) is 17.1 Å². The molecule has 0 bridgehead atoms. The van der Waals surface area contributed by atoms with Gasteiger partial charge < -0.3 is 5.32 Å². The molecule has 0 saturated carbocycles. The molecule has 2 aromatic rings. The van der Waals surface area contributed by atoms with Crippen molar-refractivity contribution in [3.8, 4) is 0 Å². The van der Waals surface area contributed by atoms with Crippen LogP contribution in [0.5, 0.6) is 0 Å². The van der Waals surface area contributed by atoms with Crippen LogP contribution in [0.1, 0.15) is 30.7 Å². The van der Waals surface area contributed by atoms with E-state index >= 15 is 0 Å². The molecule has 0 unspecified atom stereocenters. The quantitative estimate of drug-likeness (QED) is 0.592. The van der Waals surface area contributed by atoms with Gasteiger partial charge in [0.25, 0.3) is 0 Å². The van der Waals surface area contributed by atoms with Gasteiger partial charge in [-0.3, -0.25) is 0 Å². The molecule has 0 aliphatic carbocycles. The lowest BCUT2D eigenvalue weighted by molar-refractivity contribution is 0.537. The number of benzene rings is 1. The number of thioether (sulfide) groups is 1. The number of thiophene rings is 1. The Balaban J connectivity index is 2.15. The van der Waals surface area contributed by atoms with E-state index in [-0.39, 0.29) is 5.41 Å². The Morgan fingerprint density at radius 2 is 2.05 bits per heavy atom. The highest BCUT2D eigenvalue weighted by molar-refractivity contribution is 8.00. The highest BCUT2D eigenvalue weighted by Crippen LogP contribution is 2.35. The Kier molecular flexibility index (Phi) is 6.01. The lowest BCUT2D eigenvalue weighted by atomic mass is 9.80. The second-order valence-electron chi connectivity index (χ2n) is 5.79. The minimum atomic E-state index is 0.0271. The van der Waals surface area contributed by atoms with E-state index in [1.807, 2.05) is 30.5 Å². The molecule has 0 saturated heterocycles. The third-order valence-corrected chi connectivity index (χ3v) is 6.06. The molecular formula is C18H22ClNS2. The van der Waals surface area contributed by atoms with Gasteiger partial charge in [-0.1, -0.05) is 31.5 Å². The fourth-order valence-corrected chi connectivity index (χ4v) is 4.07. The normalized spacial score (nSPS) is 12.0. The number of hydrogen-bond acceptors (Lipinski definition) is 3. The van der Waals surface area contributed by atoms with Crippen LogP contribution in [-0.4, -0.2) is 13.3 Å². The molecule has 118 valence electrons. The molecule has 0 aliphatic heterocycles.